The summed E-state index contributed by atoms with van der Waals surface area (Å²) in [4.78, 5) is 19.7. The third-order valence-corrected chi connectivity index (χ3v) is 6.14. The number of para-hydroxylation sites is 1. The molecule has 7 heteroatoms. The maximum atomic E-state index is 12.4. The van der Waals surface area contributed by atoms with E-state index in [-0.39, 0.29) is 12.5 Å². The quantitative estimate of drug-likeness (QED) is 0.508. The van der Waals surface area contributed by atoms with E-state index in [2.05, 4.69) is 22.3 Å². The van der Waals surface area contributed by atoms with Gasteiger partial charge in [-0.3, -0.25) is 4.79 Å². The summed E-state index contributed by atoms with van der Waals surface area (Å²) in [6.45, 7) is 2.51. The number of carbonyl (C=O) groups excluding carboxylic acids is 1. The van der Waals surface area contributed by atoms with Gasteiger partial charge in [0.05, 0.1) is 14.2 Å². The minimum atomic E-state index is -0.166. The van der Waals surface area contributed by atoms with Gasteiger partial charge in [0.1, 0.15) is 17.1 Å². The molecule has 2 heterocycles. The molecule has 3 aromatic rings. The van der Waals surface area contributed by atoms with E-state index in [1.165, 1.54) is 25.7 Å². The van der Waals surface area contributed by atoms with Crippen molar-refractivity contribution in [3.05, 3.63) is 54.1 Å². The van der Waals surface area contributed by atoms with E-state index in [9.17, 15) is 4.79 Å². The lowest BCUT2D eigenvalue weighted by molar-refractivity contribution is -0.123. The van der Waals surface area contributed by atoms with Crippen molar-refractivity contribution in [2.24, 2.45) is 0 Å². The fraction of sp³-hybridized carbons (Fsp3) is 0.407. The topological polar surface area (TPSA) is 72.9 Å². The van der Waals surface area contributed by atoms with Gasteiger partial charge >= 0.3 is 0 Å². The van der Waals surface area contributed by atoms with Crippen molar-refractivity contribution in [1.29, 1.82) is 0 Å². The molecule has 0 unspecified atom stereocenters. The molecule has 1 N–H and O–H groups in total. The molecule has 1 saturated heterocycles. The molecule has 1 aliphatic heterocycles. The lowest BCUT2D eigenvalue weighted by atomic mass is 10.1. The Balaban J connectivity index is 1.34. The number of ether oxygens (including phenoxy) is 3. The Hall–Kier alpha value is -3.48. The SMILES string of the molecule is COc1ccc(CCNC(=O)COc2cccc3ccc(N4CCCCCC4)nc23)cc1OC. The Bertz CT molecular complexity index is 1110. The summed E-state index contributed by atoms with van der Waals surface area (Å²) in [5.41, 5.74) is 1.85. The van der Waals surface area contributed by atoms with Gasteiger partial charge in [-0.15, -0.1) is 0 Å². The van der Waals surface area contributed by atoms with Crippen molar-refractivity contribution in [3.8, 4) is 17.2 Å². The van der Waals surface area contributed by atoms with Crippen molar-refractivity contribution in [1.82, 2.24) is 10.3 Å². The molecule has 180 valence electrons. The second kappa shape index (κ2) is 11.6. The molecule has 1 amide bonds. The molecular formula is C27H33N3O4. The van der Waals surface area contributed by atoms with Crippen LogP contribution in [0.4, 0.5) is 5.82 Å². The number of hydrogen-bond acceptors (Lipinski definition) is 6. The number of pyridine rings is 1. The summed E-state index contributed by atoms with van der Waals surface area (Å²) in [5.74, 6) is 2.80. The first kappa shape index (κ1) is 23.7. The molecule has 0 saturated carbocycles. The van der Waals surface area contributed by atoms with Gasteiger partial charge < -0.3 is 24.4 Å². The monoisotopic (exact) mass is 463 g/mol. The number of anilines is 1. The van der Waals surface area contributed by atoms with Crippen LogP contribution in [0.2, 0.25) is 0 Å². The second-order valence-corrected chi connectivity index (χ2v) is 8.48. The summed E-state index contributed by atoms with van der Waals surface area (Å²) in [7, 11) is 3.22. The molecular weight excluding hydrogens is 430 g/mol. The standard InChI is InChI=1S/C27H33N3O4/c1-32-22-12-10-20(18-24(22)33-2)14-15-28-26(31)19-34-23-9-7-8-21-11-13-25(29-27(21)23)30-16-5-3-4-6-17-30/h7-13,18H,3-6,14-17,19H2,1-2H3,(H,28,31). The van der Waals surface area contributed by atoms with Crippen molar-refractivity contribution < 1.29 is 19.0 Å². The average molecular weight is 464 g/mol. The molecule has 1 fully saturated rings. The van der Waals surface area contributed by atoms with Crippen LogP contribution >= 0.6 is 0 Å². The van der Waals surface area contributed by atoms with Crippen LogP contribution in [0.5, 0.6) is 17.2 Å². The normalized spacial score (nSPS) is 13.9. The smallest absolute Gasteiger partial charge is 0.257 e. The van der Waals surface area contributed by atoms with Gasteiger partial charge in [-0.1, -0.05) is 31.0 Å². The highest BCUT2D eigenvalue weighted by molar-refractivity contribution is 5.86. The van der Waals surface area contributed by atoms with Gasteiger partial charge in [0, 0.05) is 25.0 Å². The number of carbonyl (C=O) groups is 1. The fourth-order valence-corrected chi connectivity index (χ4v) is 4.28. The van der Waals surface area contributed by atoms with Gasteiger partial charge in [-0.05, 0) is 55.2 Å². The number of nitrogens with one attached hydrogen (secondary N) is 1. The third kappa shape index (κ3) is 5.90. The summed E-state index contributed by atoms with van der Waals surface area (Å²) in [6.07, 6.45) is 5.63. The lowest BCUT2D eigenvalue weighted by Crippen LogP contribution is -2.30. The summed E-state index contributed by atoms with van der Waals surface area (Å²) < 4.78 is 16.5. The van der Waals surface area contributed by atoms with Crippen LogP contribution in [-0.4, -0.2) is 51.4 Å². The summed E-state index contributed by atoms with van der Waals surface area (Å²) in [6, 6.07) is 15.7. The van der Waals surface area contributed by atoms with Gasteiger partial charge in [0.15, 0.2) is 18.1 Å². The summed E-state index contributed by atoms with van der Waals surface area (Å²) >= 11 is 0. The highest BCUT2D eigenvalue weighted by Crippen LogP contribution is 2.28. The van der Waals surface area contributed by atoms with Crippen molar-refractivity contribution in [2.75, 3.05) is 45.4 Å². The Morgan fingerprint density at radius 1 is 0.941 bits per heavy atom. The average Bonchev–Trinajstić information content (AvgIpc) is 3.16. The van der Waals surface area contributed by atoms with Crippen molar-refractivity contribution in [2.45, 2.75) is 32.1 Å². The third-order valence-electron chi connectivity index (χ3n) is 6.14. The molecule has 0 atom stereocenters. The molecule has 34 heavy (non-hydrogen) atoms. The largest absolute Gasteiger partial charge is 0.493 e. The predicted octanol–water partition coefficient (Wildman–Crippen LogP) is 4.37. The van der Waals surface area contributed by atoms with Crippen LogP contribution in [0, 0.1) is 0 Å². The second-order valence-electron chi connectivity index (χ2n) is 8.48. The number of hydrogen-bond donors (Lipinski definition) is 1. The van der Waals surface area contributed by atoms with Gasteiger partial charge in [0.2, 0.25) is 0 Å². The first-order valence-electron chi connectivity index (χ1n) is 11.9. The Morgan fingerprint density at radius 2 is 1.74 bits per heavy atom. The van der Waals surface area contributed by atoms with Crippen LogP contribution in [0.1, 0.15) is 31.2 Å². The van der Waals surface area contributed by atoms with E-state index in [4.69, 9.17) is 19.2 Å². The maximum Gasteiger partial charge on any atom is 0.257 e. The number of fused-ring (bicyclic) bond motifs is 1. The minimum Gasteiger partial charge on any atom is -0.493 e. The lowest BCUT2D eigenvalue weighted by Gasteiger charge is -2.22. The van der Waals surface area contributed by atoms with Crippen molar-refractivity contribution >= 4 is 22.6 Å². The van der Waals surface area contributed by atoms with E-state index >= 15 is 0 Å². The van der Waals surface area contributed by atoms with Crippen LogP contribution in [0.15, 0.2) is 48.5 Å². The van der Waals surface area contributed by atoms with E-state index < -0.39 is 0 Å². The zero-order chi connectivity index (χ0) is 23.8. The molecule has 1 aromatic heterocycles. The predicted molar refractivity (Wildman–Crippen MR) is 134 cm³/mol. The molecule has 0 aliphatic carbocycles. The number of aromatic nitrogens is 1. The Labute approximate surface area is 201 Å². The van der Waals surface area contributed by atoms with E-state index in [0.29, 0.717) is 30.2 Å². The molecule has 7 nitrogen and oxygen atoms in total. The van der Waals surface area contributed by atoms with Crippen LogP contribution in [-0.2, 0) is 11.2 Å². The number of methoxy groups -OCH3 is 2. The van der Waals surface area contributed by atoms with Gasteiger partial charge in [-0.25, -0.2) is 4.98 Å². The van der Waals surface area contributed by atoms with Gasteiger partial charge in [0.25, 0.3) is 5.91 Å². The van der Waals surface area contributed by atoms with E-state index in [1.807, 2.05) is 36.4 Å². The Kier molecular flexibility index (Phi) is 8.07. The van der Waals surface area contributed by atoms with Crippen molar-refractivity contribution in [3.63, 3.8) is 0 Å². The van der Waals surface area contributed by atoms with Crippen LogP contribution in [0.3, 0.4) is 0 Å². The first-order chi connectivity index (χ1) is 16.7. The highest BCUT2D eigenvalue weighted by atomic mass is 16.5. The van der Waals surface area contributed by atoms with Crippen LogP contribution < -0.4 is 24.4 Å². The van der Waals surface area contributed by atoms with E-state index in [0.717, 1.165) is 35.4 Å². The highest BCUT2D eigenvalue weighted by Gasteiger charge is 2.14. The number of benzene rings is 2. The zero-order valence-corrected chi connectivity index (χ0v) is 20.0. The molecule has 0 spiro atoms. The molecule has 1 aliphatic rings. The minimum absolute atomic E-state index is 0.0549. The molecule has 0 bridgehead atoms. The van der Waals surface area contributed by atoms with E-state index in [1.54, 1.807) is 14.2 Å². The molecule has 4 rings (SSSR count). The molecule has 2 aromatic carbocycles. The first-order valence-corrected chi connectivity index (χ1v) is 11.9. The summed E-state index contributed by atoms with van der Waals surface area (Å²) in [5, 5.41) is 3.93. The number of amides is 1. The maximum absolute atomic E-state index is 12.4. The molecule has 0 radical (unpaired) electrons. The zero-order valence-electron chi connectivity index (χ0n) is 20.0. The Morgan fingerprint density at radius 3 is 2.50 bits per heavy atom. The fourth-order valence-electron chi connectivity index (χ4n) is 4.28. The number of rotatable bonds is 9. The van der Waals surface area contributed by atoms with Gasteiger partial charge in [-0.2, -0.15) is 0 Å². The number of nitrogens with zero attached hydrogens (tertiary/aromatic N) is 2. The van der Waals surface area contributed by atoms with Crippen LogP contribution in [0.25, 0.3) is 10.9 Å².